The highest BCUT2D eigenvalue weighted by atomic mass is 16.5. The van der Waals surface area contributed by atoms with E-state index < -0.39 is 17.9 Å². The largest absolute Gasteiger partial charge is 0.495 e. The summed E-state index contributed by atoms with van der Waals surface area (Å²) in [6.45, 7) is -0.284. The number of hydrogen-bond acceptors (Lipinski definition) is 4. The fourth-order valence-corrected chi connectivity index (χ4v) is 2.28. The minimum atomic E-state index is -1.09. The predicted octanol–water partition coefficient (Wildman–Crippen LogP) is 0.709. The van der Waals surface area contributed by atoms with Crippen LogP contribution in [-0.2, 0) is 14.4 Å². The first kappa shape index (κ1) is 14.8. The Morgan fingerprint density at radius 2 is 2.14 bits per heavy atom. The topological polar surface area (TPSA) is 95.9 Å². The van der Waals surface area contributed by atoms with E-state index >= 15 is 0 Å². The quantitative estimate of drug-likeness (QED) is 0.833. The van der Waals surface area contributed by atoms with Crippen molar-refractivity contribution in [1.29, 1.82) is 0 Å². The van der Waals surface area contributed by atoms with E-state index in [1.54, 1.807) is 24.3 Å². The summed E-state index contributed by atoms with van der Waals surface area (Å²) in [5, 5.41) is 11.7. The van der Waals surface area contributed by atoms with Crippen LogP contribution in [0.3, 0.4) is 0 Å². The van der Waals surface area contributed by atoms with Gasteiger partial charge in [-0.1, -0.05) is 12.1 Å². The number of ether oxygens (including phenoxy) is 1. The van der Waals surface area contributed by atoms with Gasteiger partial charge in [-0.25, -0.2) is 4.79 Å². The van der Waals surface area contributed by atoms with Crippen molar-refractivity contribution in [2.75, 3.05) is 19.0 Å². The van der Waals surface area contributed by atoms with E-state index in [9.17, 15) is 14.4 Å². The number of aliphatic carboxylic acids is 1. The molecule has 21 heavy (non-hydrogen) atoms. The molecule has 2 rings (SSSR count). The standard InChI is InChI=1S/C14H16N2O5/c1-21-11-5-3-2-4-9(11)15-12(17)8-16-10(14(19)20)6-7-13(16)18/h2-5,10H,6-8H2,1H3,(H,15,17)(H,19,20). The van der Waals surface area contributed by atoms with Gasteiger partial charge in [0.15, 0.2) is 0 Å². The van der Waals surface area contributed by atoms with Crippen LogP contribution in [0, 0.1) is 0 Å². The predicted molar refractivity (Wildman–Crippen MR) is 74.0 cm³/mol. The Hall–Kier alpha value is -2.57. The molecule has 0 spiro atoms. The summed E-state index contributed by atoms with van der Waals surface area (Å²) in [5.41, 5.74) is 0.475. The van der Waals surface area contributed by atoms with Crippen LogP contribution in [0.1, 0.15) is 12.8 Å². The third-order valence-electron chi connectivity index (χ3n) is 3.31. The second-order valence-electron chi connectivity index (χ2n) is 4.66. The average molecular weight is 292 g/mol. The number of nitrogens with one attached hydrogen (secondary N) is 1. The zero-order chi connectivity index (χ0) is 15.4. The summed E-state index contributed by atoms with van der Waals surface area (Å²) >= 11 is 0. The van der Waals surface area contributed by atoms with E-state index in [4.69, 9.17) is 9.84 Å². The summed E-state index contributed by atoms with van der Waals surface area (Å²) < 4.78 is 5.11. The number of nitrogens with zero attached hydrogens (tertiary/aromatic N) is 1. The van der Waals surface area contributed by atoms with Crippen LogP contribution in [0.5, 0.6) is 5.75 Å². The Morgan fingerprint density at radius 1 is 1.43 bits per heavy atom. The van der Waals surface area contributed by atoms with Gasteiger partial charge in [0.1, 0.15) is 18.3 Å². The molecule has 1 saturated heterocycles. The number of benzene rings is 1. The van der Waals surface area contributed by atoms with E-state index in [0.29, 0.717) is 11.4 Å². The van der Waals surface area contributed by atoms with Crippen LogP contribution in [0.25, 0.3) is 0 Å². The molecule has 0 bridgehead atoms. The maximum atomic E-state index is 12.0. The van der Waals surface area contributed by atoms with Gasteiger partial charge in [0.05, 0.1) is 12.8 Å². The molecule has 7 nitrogen and oxygen atoms in total. The van der Waals surface area contributed by atoms with Gasteiger partial charge in [0.2, 0.25) is 11.8 Å². The molecular weight excluding hydrogens is 276 g/mol. The monoisotopic (exact) mass is 292 g/mol. The molecule has 1 aromatic carbocycles. The first-order valence-electron chi connectivity index (χ1n) is 6.48. The molecule has 1 unspecified atom stereocenters. The zero-order valence-corrected chi connectivity index (χ0v) is 11.5. The van der Waals surface area contributed by atoms with Gasteiger partial charge in [-0.3, -0.25) is 9.59 Å². The van der Waals surface area contributed by atoms with Gasteiger partial charge in [0.25, 0.3) is 0 Å². The van der Waals surface area contributed by atoms with Gasteiger partial charge >= 0.3 is 5.97 Å². The number of amides is 2. The second kappa shape index (κ2) is 6.25. The minimum absolute atomic E-state index is 0.152. The van der Waals surface area contributed by atoms with Crippen LogP contribution in [0.4, 0.5) is 5.69 Å². The first-order chi connectivity index (χ1) is 10.0. The number of likely N-dealkylation sites (tertiary alicyclic amines) is 1. The summed E-state index contributed by atoms with van der Waals surface area (Å²) in [7, 11) is 1.48. The summed E-state index contributed by atoms with van der Waals surface area (Å²) in [6, 6.07) is 5.92. The van der Waals surface area contributed by atoms with Crippen molar-refractivity contribution in [2.45, 2.75) is 18.9 Å². The number of carboxylic acid groups (broad SMARTS) is 1. The van der Waals surface area contributed by atoms with Crippen LogP contribution >= 0.6 is 0 Å². The van der Waals surface area contributed by atoms with Crippen molar-refractivity contribution in [2.24, 2.45) is 0 Å². The molecule has 2 N–H and O–H groups in total. The number of rotatable bonds is 5. The smallest absolute Gasteiger partial charge is 0.326 e. The number of para-hydroxylation sites is 2. The van der Waals surface area contributed by atoms with Crippen LogP contribution in [0.2, 0.25) is 0 Å². The third kappa shape index (κ3) is 3.31. The van der Waals surface area contributed by atoms with E-state index in [1.165, 1.54) is 7.11 Å². The normalized spacial score (nSPS) is 17.7. The maximum absolute atomic E-state index is 12.0. The Kier molecular flexibility index (Phi) is 4.42. The fourth-order valence-electron chi connectivity index (χ4n) is 2.28. The van der Waals surface area contributed by atoms with Crippen molar-refractivity contribution in [3.8, 4) is 5.75 Å². The van der Waals surface area contributed by atoms with Crippen LogP contribution in [-0.4, -0.2) is 47.5 Å². The van der Waals surface area contributed by atoms with Crippen molar-refractivity contribution in [3.63, 3.8) is 0 Å². The lowest BCUT2D eigenvalue weighted by Crippen LogP contribution is -2.43. The van der Waals surface area contributed by atoms with Crippen molar-refractivity contribution in [3.05, 3.63) is 24.3 Å². The van der Waals surface area contributed by atoms with Crippen LogP contribution < -0.4 is 10.1 Å². The van der Waals surface area contributed by atoms with Gasteiger partial charge in [-0.05, 0) is 18.6 Å². The molecule has 2 amide bonds. The molecule has 1 aliphatic heterocycles. The SMILES string of the molecule is COc1ccccc1NC(=O)CN1C(=O)CCC1C(=O)O. The molecule has 7 heteroatoms. The average Bonchev–Trinajstić information content (AvgIpc) is 2.81. The van der Waals surface area contributed by atoms with Crippen molar-refractivity contribution in [1.82, 2.24) is 4.90 Å². The molecule has 1 atom stereocenters. The Labute approximate surface area is 121 Å². The summed E-state index contributed by atoms with van der Waals surface area (Å²) in [4.78, 5) is 35.8. The highest BCUT2D eigenvalue weighted by molar-refractivity contribution is 5.97. The van der Waals surface area contributed by atoms with Crippen molar-refractivity contribution < 1.29 is 24.2 Å². The Bertz CT molecular complexity index is 572. The molecule has 112 valence electrons. The molecule has 1 heterocycles. The third-order valence-corrected chi connectivity index (χ3v) is 3.31. The molecule has 0 saturated carbocycles. The zero-order valence-electron chi connectivity index (χ0n) is 11.5. The molecule has 1 aromatic rings. The van der Waals surface area contributed by atoms with Crippen molar-refractivity contribution >= 4 is 23.5 Å². The molecule has 0 aliphatic carbocycles. The summed E-state index contributed by atoms with van der Waals surface area (Å²) in [5.74, 6) is -1.38. The lowest BCUT2D eigenvalue weighted by molar-refractivity contribution is -0.147. The van der Waals surface area contributed by atoms with E-state index in [1.807, 2.05) is 0 Å². The summed E-state index contributed by atoms with van der Waals surface area (Å²) in [6.07, 6.45) is 0.384. The van der Waals surface area contributed by atoms with Crippen LogP contribution in [0.15, 0.2) is 24.3 Å². The number of anilines is 1. The lowest BCUT2D eigenvalue weighted by Gasteiger charge is -2.21. The molecule has 1 fully saturated rings. The highest BCUT2D eigenvalue weighted by Gasteiger charge is 2.37. The minimum Gasteiger partial charge on any atom is -0.495 e. The number of methoxy groups -OCH3 is 1. The number of carbonyl (C=O) groups is 3. The number of carbonyl (C=O) groups excluding carboxylic acids is 2. The molecule has 0 radical (unpaired) electrons. The van der Waals surface area contributed by atoms with Gasteiger partial charge in [0, 0.05) is 6.42 Å². The fraction of sp³-hybridized carbons (Fsp3) is 0.357. The van der Waals surface area contributed by atoms with E-state index in [-0.39, 0.29) is 25.3 Å². The molecule has 0 aromatic heterocycles. The van der Waals surface area contributed by atoms with E-state index in [2.05, 4.69) is 5.32 Å². The second-order valence-corrected chi connectivity index (χ2v) is 4.66. The number of hydrogen-bond donors (Lipinski definition) is 2. The molecular formula is C14H16N2O5. The molecule has 1 aliphatic rings. The highest BCUT2D eigenvalue weighted by Crippen LogP contribution is 2.23. The lowest BCUT2D eigenvalue weighted by atomic mass is 10.2. The van der Waals surface area contributed by atoms with Gasteiger partial charge in [-0.2, -0.15) is 0 Å². The Morgan fingerprint density at radius 3 is 2.81 bits per heavy atom. The van der Waals surface area contributed by atoms with Gasteiger partial charge in [-0.15, -0.1) is 0 Å². The maximum Gasteiger partial charge on any atom is 0.326 e. The first-order valence-corrected chi connectivity index (χ1v) is 6.48. The van der Waals surface area contributed by atoms with E-state index in [0.717, 1.165) is 4.90 Å². The number of carboxylic acids is 1. The van der Waals surface area contributed by atoms with Gasteiger partial charge < -0.3 is 20.1 Å². The Balaban J connectivity index is 2.04.